The number of phenols is 1. The van der Waals surface area contributed by atoms with E-state index in [0.717, 1.165) is 5.56 Å². The molecule has 0 aliphatic rings. The molecule has 92 valence electrons. The predicted octanol–water partition coefficient (Wildman–Crippen LogP) is 1.47. The Bertz CT molecular complexity index is 572. The zero-order valence-electron chi connectivity index (χ0n) is 9.71. The van der Waals surface area contributed by atoms with Crippen molar-refractivity contribution < 1.29 is 9.90 Å². The Morgan fingerprint density at radius 2 is 2.11 bits per heavy atom. The summed E-state index contributed by atoms with van der Waals surface area (Å²) in [5.41, 5.74) is 0.814. The molecule has 0 aliphatic heterocycles. The fraction of sp³-hybridized carbons (Fsp3) is 0.0833. The van der Waals surface area contributed by atoms with Crippen LogP contribution in [0.5, 0.6) is 5.75 Å². The predicted molar refractivity (Wildman–Crippen MR) is 66.9 cm³/mol. The summed E-state index contributed by atoms with van der Waals surface area (Å²) in [7, 11) is 0. The van der Waals surface area contributed by atoms with Crippen LogP contribution < -0.4 is 5.32 Å². The number of hydrogen-bond acceptors (Lipinski definition) is 4. The second-order valence-corrected chi connectivity index (χ2v) is 3.66. The van der Waals surface area contributed by atoms with Crippen LogP contribution in [-0.4, -0.2) is 26.2 Å². The summed E-state index contributed by atoms with van der Waals surface area (Å²) in [4.78, 5) is 15.5. The molecule has 2 rings (SSSR count). The number of aromatic nitrogens is 3. The van der Waals surface area contributed by atoms with Gasteiger partial charge in [-0.3, -0.25) is 15.2 Å². The number of carbonyl (C=O) groups excluding carboxylic acids is 1. The highest BCUT2D eigenvalue weighted by atomic mass is 16.3. The number of H-pyrrole nitrogens is 1. The molecule has 0 unspecified atom stereocenters. The van der Waals surface area contributed by atoms with Gasteiger partial charge in [-0.25, -0.2) is 0 Å². The molecule has 0 radical (unpaired) electrons. The van der Waals surface area contributed by atoms with Crippen LogP contribution in [0.4, 0.5) is 5.95 Å². The molecule has 18 heavy (non-hydrogen) atoms. The monoisotopic (exact) mass is 244 g/mol. The zero-order chi connectivity index (χ0) is 13.0. The van der Waals surface area contributed by atoms with Crippen LogP contribution in [0.2, 0.25) is 0 Å². The maximum Gasteiger partial charge on any atom is 0.250 e. The van der Waals surface area contributed by atoms with Crippen LogP contribution in [0.3, 0.4) is 0 Å². The minimum Gasteiger partial charge on any atom is -0.508 e. The van der Waals surface area contributed by atoms with E-state index in [1.165, 1.54) is 6.08 Å². The number of nitrogens with one attached hydrogen (secondary N) is 2. The van der Waals surface area contributed by atoms with E-state index in [1.54, 1.807) is 37.3 Å². The van der Waals surface area contributed by atoms with Crippen molar-refractivity contribution in [3.8, 4) is 5.75 Å². The number of aromatic amines is 1. The van der Waals surface area contributed by atoms with Crippen molar-refractivity contribution in [2.24, 2.45) is 0 Å². The lowest BCUT2D eigenvalue weighted by Gasteiger charge is -1.95. The van der Waals surface area contributed by atoms with Gasteiger partial charge in [0.15, 0.2) is 0 Å². The first-order valence-electron chi connectivity index (χ1n) is 5.30. The van der Waals surface area contributed by atoms with Gasteiger partial charge >= 0.3 is 0 Å². The van der Waals surface area contributed by atoms with Crippen LogP contribution in [0.1, 0.15) is 11.4 Å². The minimum atomic E-state index is -0.318. The van der Waals surface area contributed by atoms with Crippen LogP contribution in [0, 0.1) is 6.92 Å². The third kappa shape index (κ3) is 3.18. The van der Waals surface area contributed by atoms with Gasteiger partial charge in [0.1, 0.15) is 11.6 Å². The number of hydrogen-bond donors (Lipinski definition) is 3. The second-order valence-electron chi connectivity index (χ2n) is 3.66. The molecule has 0 aliphatic carbocycles. The maximum atomic E-state index is 11.5. The number of aromatic hydroxyl groups is 1. The van der Waals surface area contributed by atoms with E-state index in [-0.39, 0.29) is 17.6 Å². The molecule has 1 amide bonds. The van der Waals surface area contributed by atoms with Gasteiger partial charge in [0.25, 0.3) is 5.91 Å². The second kappa shape index (κ2) is 5.13. The number of anilines is 1. The molecule has 3 N–H and O–H groups in total. The molecule has 0 saturated heterocycles. The number of aryl methyl sites for hydroxylation is 1. The van der Waals surface area contributed by atoms with Gasteiger partial charge < -0.3 is 5.11 Å². The van der Waals surface area contributed by atoms with E-state index in [9.17, 15) is 4.79 Å². The van der Waals surface area contributed by atoms with Crippen molar-refractivity contribution in [1.29, 1.82) is 0 Å². The van der Waals surface area contributed by atoms with Crippen molar-refractivity contribution in [3.63, 3.8) is 0 Å². The van der Waals surface area contributed by atoms with Gasteiger partial charge in [-0.05, 0) is 30.7 Å². The van der Waals surface area contributed by atoms with Gasteiger partial charge in [-0.15, -0.1) is 5.10 Å². The van der Waals surface area contributed by atoms with Crippen LogP contribution in [0.15, 0.2) is 30.3 Å². The fourth-order valence-corrected chi connectivity index (χ4v) is 1.31. The Morgan fingerprint density at radius 1 is 1.39 bits per heavy atom. The Kier molecular flexibility index (Phi) is 3.38. The van der Waals surface area contributed by atoms with Crippen LogP contribution in [-0.2, 0) is 4.79 Å². The number of benzene rings is 1. The molecule has 0 spiro atoms. The molecular formula is C12H12N4O2. The SMILES string of the molecule is Cc1nc(NC(=O)/C=C/c2ccc(O)cc2)n[nH]1. The van der Waals surface area contributed by atoms with Crippen molar-refractivity contribution >= 4 is 17.9 Å². The number of nitrogens with zero attached hydrogens (tertiary/aromatic N) is 2. The van der Waals surface area contributed by atoms with Crippen molar-refractivity contribution in [2.45, 2.75) is 6.92 Å². The van der Waals surface area contributed by atoms with Crippen LogP contribution >= 0.6 is 0 Å². The summed E-state index contributed by atoms with van der Waals surface area (Å²) >= 11 is 0. The number of rotatable bonds is 3. The molecule has 0 atom stereocenters. The first-order valence-corrected chi connectivity index (χ1v) is 5.30. The molecule has 6 heteroatoms. The third-order valence-electron chi connectivity index (χ3n) is 2.15. The normalized spacial score (nSPS) is 10.7. The Morgan fingerprint density at radius 3 is 2.72 bits per heavy atom. The standard InChI is InChI=1S/C12H12N4O2/c1-8-13-12(16-15-8)14-11(18)7-4-9-2-5-10(17)6-3-9/h2-7,17H,1H3,(H2,13,14,15,16,18)/b7-4+. The summed E-state index contributed by atoms with van der Waals surface area (Å²) < 4.78 is 0. The lowest BCUT2D eigenvalue weighted by Crippen LogP contribution is -2.09. The summed E-state index contributed by atoms with van der Waals surface area (Å²) in [6.45, 7) is 1.74. The van der Waals surface area contributed by atoms with Gasteiger partial charge in [0.2, 0.25) is 5.95 Å². The van der Waals surface area contributed by atoms with Crippen molar-refractivity contribution in [1.82, 2.24) is 15.2 Å². The Hall–Kier alpha value is -2.63. The first kappa shape index (κ1) is 11.8. The number of amides is 1. The highest BCUT2D eigenvalue weighted by Gasteiger charge is 2.02. The Labute approximate surface area is 103 Å². The van der Waals surface area contributed by atoms with Gasteiger partial charge in [-0.2, -0.15) is 4.98 Å². The molecule has 1 aromatic carbocycles. The number of phenolic OH excluding ortho intramolecular Hbond substituents is 1. The quantitative estimate of drug-likeness (QED) is 0.713. The van der Waals surface area contributed by atoms with Crippen molar-refractivity contribution in [2.75, 3.05) is 5.32 Å². The highest BCUT2D eigenvalue weighted by molar-refractivity contribution is 6.00. The van der Waals surface area contributed by atoms with E-state index in [4.69, 9.17) is 5.11 Å². The summed E-state index contributed by atoms with van der Waals surface area (Å²) in [5.74, 6) is 0.746. The average molecular weight is 244 g/mol. The molecular weight excluding hydrogens is 232 g/mol. The molecule has 0 fully saturated rings. The minimum absolute atomic E-state index is 0.188. The summed E-state index contributed by atoms with van der Waals surface area (Å²) in [5, 5.41) is 18.0. The van der Waals surface area contributed by atoms with E-state index in [2.05, 4.69) is 20.5 Å². The lowest BCUT2D eigenvalue weighted by molar-refractivity contribution is -0.111. The molecule has 0 bridgehead atoms. The topological polar surface area (TPSA) is 90.9 Å². The summed E-state index contributed by atoms with van der Waals surface area (Å²) in [6, 6.07) is 6.51. The van der Waals surface area contributed by atoms with Gasteiger partial charge in [0, 0.05) is 6.08 Å². The fourth-order valence-electron chi connectivity index (χ4n) is 1.31. The van der Waals surface area contributed by atoms with Gasteiger partial charge in [0.05, 0.1) is 0 Å². The molecule has 2 aromatic rings. The number of carbonyl (C=O) groups is 1. The lowest BCUT2D eigenvalue weighted by atomic mass is 10.2. The maximum absolute atomic E-state index is 11.5. The largest absolute Gasteiger partial charge is 0.508 e. The molecule has 6 nitrogen and oxygen atoms in total. The molecule has 1 heterocycles. The van der Waals surface area contributed by atoms with E-state index >= 15 is 0 Å². The van der Waals surface area contributed by atoms with E-state index in [0.29, 0.717) is 5.82 Å². The molecule has 1 aromatic heterocycles. The highest BCUT2D eigenvalue weighted by Crippen LogP contribution is 2.10. The molecule has 0 saturated carbocycles. The third-order valence-corrected chi connectivity index (χ3v) is 2.15. The zero-order valence-corrected chi connectivity index (χ0v) is 9.71. The smallest absolute Gasteiger partial charge is 0.250 e. The van der Waals surface area contributed by atoms with Crippen LogP contribution in [0.25, 0.3) is 6.08 Å². The Balaban J connectivity index is 1.96. The summed E-state index contributed by atoms with van der Waals surface area (Å²) in [6.07, 6.45) is 3.01. The van der Waals surface area contributed by atoms with Crippen molar-refractivity contribution in [3.05, 3.63) is 41.7 Å². The first-order chi connectivity index (χ1) is 8.63. The van der Waals surface area contributed by atoms with E-state index in [1.807, 2.05) is 0 Å². The average Bonchev–Trinajstić information content (AvgIpc) is 2.74. The van der Waals surface area contributed by atoms with Gasteiger partial charge in [-0.1, -0.05) is 12.1 Å². The van der Waals surface area contributed by atoms with E-state index < -0.39 is 0 Å².